The van der Waals surface area contributed by atoms with Crippen LogP contribution >= 0.6 is 0 Å². The monoisotopic (exact) mass is 289 g/mol. The molecule has 1 heterocycles. The van der Waals surface area contributed by atoms with Crippen molar-refractivity contribution in [2.24, 2.45) is 5.92 Å². The van der Waals surface area contributed by atoms with E-state index in [0.29, 0.717) is 5.92 Å². The van der Waals surface area contributed by atoms with Gasteiger partial charge in [-0.05, 0) is 63.1 Å². The molecule has 0 aliphatic carbocycles. The normalized spacial score (nSPS) is 23.5. The number of nitrogens with one attached hydrogen (secondary N) is 1. The molecule has 0 amide bonds. The van der Waals surface area contributed by atoms with Gasteiger partial charge in [0.15, 0.2) is 0 Å². The van der Waals surface area contributed by atoms with E-state index in [4.69, 9.17) is 5.26 Å². The van der Waals surface area contributed by atoms with Crippen molar-refractivity contribution in [3.8, 4) is 6.07 Å². The third kappa shape index (κ3) is 3.61. The van der Waals surface area contributed by atoms with Gasteiger partial charge in [-0.3, -0.25) is 4.90 Å². The molecule has 1 N–H and O–H groups in total. The standard InChI is InChI=1S/C17H24FN3/c1-3-21-9-5-4-6-14(12-20-2)17(21)13-7-8-16(18)15(10-13)11-19/h7-8,10,14,17,20H,3-6,9,12H2,1-2H3. The highest BCUT2D eigenvalue weighted by atomic mass is 19.1. The Morgan fingerprint density at radius 1 is 1.43 bits per heavy atom. The molecule has 4 heteroatoms. The summed E-state index contributed by atoms with van der Waals surface area (Å²) in [4.78, 5) is 2.46. The van der Waals surface area contributed by atoms with Crippen molar-refractivity contribution < 1.29 is 4.39 Å². The minimum Gasteiger partial charge on any atom is -0.319 e. The first-order chi connectivity index (χ1) is 10.2. The molecule has 114 valence electrons. The van der Waals surface area contributed by atoms with Crippen LogP contribution in [0.5, 0.6) is 0 Å². The van der Waals surface area contributed by atoms with E-state index >= 15 is 0 Å². The van der Waals surface area contributed by atoms with Gasteiger partial charge in [0, 0.05) is 6.04 Å². The molecule has 21 heavy (non-hydrogen) atoms. The second-order valence-corrected chi connectivity index (χ2v) is 5.74. The first-order valence-corrected chi connectivity index (χ1v) is 7.79. The molecule has 3 nitrogen and oxygen atoms in total. The summed E-state index contributed by atoms with van der Waals surface area (Å²) in [7, 11) is 1.98. The summed E-state index contributed by atoms with van der Waals surface area (Å²) >= 11 is 0. The summed E-state index contributed by atoms with van der Waals surface area (Å²) in [5, 5.41) is 12.4. The molecule has 0 radical (unpaired) electrons. The highest BCUT2D eigenvalue weighted by Crippen LogP contribution is 2.35. The number of nitrogens with zero attached hydrogens (tertiary/aromatic N) is 2. The van der Waals surface area contributed by atoms with Crippen molar-refractivity contribution in [3.05, 3.63) is 35.1 Å². The third-order valence-electron chi connectivity index (χ3n) is 4.44. The van der Waals surface area contributed by atoms with Crippen molar-refractivity contribution in [2.45, 2.75) is 32.2 Å². The van der Waals surface area contributed by atoms with Gasteiger partial charge < -0.3 is 5.32 Å². The zero-order chi connectivity index (χ0) is 15.2. The van der Waals surface area contributed by atoms with Crippen molar-refractivity contribution in [1.29, 1.82) is 5.26 Å². The minimum absolute atomic E-state index is 0.149. The van der Waals surface area contributed by atoms with E-state index in [1.54, 1.807) is 6.07 Å². The Hall–Kier alpha value is -1.44. The van der Waals surface area contributed by atoms with Gasteiger partial charge in [-0.25, -0.2) is 4.39 Å². The fourth-order valence-corrected chi connectivity index (χ4v) is 3.44. The highest BCUT2D eigenvalue weighted by Gasteiger charge is 2.30. The van der Waals surface area contributed by atoms with Crippen LogP contribution in [0, 0.1) is 23.1 Å². The van der Waals surface area contributed by atoms with Gasteiger partial charge in [0.25, 0.3) is 0 Å². The predicted octanol–water partition coefficient (Wildman–Crippen LogP) is 3.08. The van der Waals surface area contributed by atoms with Gasteiger partial charge in [0.2, 0.25) is 0 Å². The summed E-state index contributed by atoms with van der Waals surface area (Å²) < 4.78 is 13.6. The fourth-order valence-electron chi connectivity index (χ4n) is 3.44. The molecular weight excluding hydrogens is 265 g/mol. The molecule has 1 aliphatic rings. The zero-order valence-electron chi connectivity index (χ0n) is 12.9. The van der Waals surface area contributed by atoms with Crippen LogP contribution in [0.4, 0.5) is 4.39 Å². The Labute approximate surface area is 126 Å². The van der Waals surface area contributed by atoms with E-state index in [1.807, 2.05) is 19.2 Å². The molecule has 2 atom stereocenters. The molecule has 2 unspecified atom stereocenters. The summed E-state index contributed by atoms with van der Waals surface area (Å²) in [6.07, 6.45) is 3.60. The van der Waals surface area contributed by atoms with Crippen LogP contribution in [0.15, 0.2) is 18.2 Å². The molecule has 1 aliphatic heterocycles. The lowest BCUT2D eigenvalue weighted by atomic mass is 9.88. The number of benzene rings is 1. The van der Waals surface area contributed by atoms with Crippen LogP contribution in [-0.4, -0.2) is 31.6 Å². The quantitative estimate of drug-likeness (QED) is 0.926. The van der Waals surface area contributed by atoms with Crippen molar-refractivity contribution in [2.75, 3.05) is 26.7 Å². The van der Waals surface area contributed by atoms with Crippen molar-refractivity contribution in [1.82, 2.24) is 10.2 Å². The zero-order valence-corrected chi connectivity index (χ0v) is 12.9. The maximum absolute atomic E-state index is 13.6. The van der Waals surface area contributed by atoms with Crippen LogP contribution in [0.3, 0.4) is 0 Å². The van der Waals surface area contributed by atoms with E-state index in [-0.39, 0.29) is 11.6 Å². The average Bonchev–Trinajstić information content (AvgIpc) is 2.70. The first kappa shape index (κ1) is 15.9. The molecule has 0 aromatic heterocycles. The van der Waals surface area contributed by atoms with E-state index in [9.17, 15) is 4.39 Å². The average molecular weight is 289 g/mol. The van der Waals surface area contributed by atoms with Crippen LogP contribution in [0.1, 0.15) is 43.4 Å². The summed E-state index contributed by atoms with van der Waals surface area (Å²) in [5.41, 5.74) is 1.22. The van der Waals surface area contributed by atoms with Gasteiger partial charge in [-0.15, -0.1) is 0 Å². The second kappa shape index (κ2) is 7.53. The largest absolute Gasteiger partial charge is 0.319 e. The summed E-state index contributed by atoms with van der Waals surface area (Å²) in [6, 6.07) is 7.23. The fraction of sp³-hybridized carbons (Fsp3) is 0.588. The van der Waals surface area contributed by atoms with Crippen LogP contribution in [0.2, 0.25) is 0 Å². The molecule has 1 fully saturated rings. The SMILES string of the molecule is CCN1CCCCC(CNC)C1c1ccc(F)c(C#N)c1. The molecule has 1 saturated heterocycles. The molecular formula is C17H24FN3. The Balaban J connectivity index is 2.39. The van der Waals surface area contributed by atoms with Gasteiger partial charge in [-0.1, -0.05) is 19.4 Å². The molecule has 0 spiro atoms. The number of nitriles is 1. The predicted molar refractivity (Wildman–Crippen MR) is 82.4 cm³/mol. The number of likely N-dealkylation sites (tertiary alicyclic amines) is 1. The number of hydrogen-bond acceptors (Lipinski definition) is 3. The highest BCUT2D eigenvalue weighted by molar-refractivity contribution is 5.36. The minimum atomic E-state index is -0.428. The maximum atomic E-state index is 13.6. The number of halogens is 1. The number of rotatable bonds is 4. The van der Waals surface area contributed by atoms with E-state index < -0.39 is 5.82 Å². The smallest absolute Gasteiger partial charge is 0.140 e. The van der Waals surface area contributed by atoms with E-state index in [0.717, 1.165) is 25.2 Å². The van der Waals surface area contributed by atoms with E-state index in [1.165, 1.54) is 25.3 Å². The van der Waals surface area contributed by atoms with Gasteiger partial charge >= 0.3 is 0 Å². The van der Waals surface area contributed by atoms with Gasteiger partial charge in [0.05, 0.1) is 5.56 Å². The third-order valence-corrected chi connectivity index (χ3v) is 4.44. The topological polar surface area (TPSA) is 39.1 Å². The van der Waals surface area contributed by atoms with Gasteiger partial charge in [-0.2, -0.15) is 5.26 Å². The molecule has 0 bridgehead atoms. The van der Waals surface area contributed by atoms with Crippen molar-refractivity contribution in [3.63, 3.8) is 0 Å². The molecule has 2 rings (SSSR count). The lowest BCUT2D eigenvalue weighted by Gasteiger charge is -2.35. The molecule has 0 saturated carbocycles. The maximum Gasteiger partial charge on any atom is 0.140 e. The Morgan fingerprint density at radius 2 is 2.24 bits per heavy atom. The van der Waals surface area contributed by atoms with Crippen LogP contribution in [-0.2, 0) is 0 Å². The molecule has 1 aromatic rings. The van der Waals surface area contributed by atoms with E-state index in [2.05, 4.69) is 17.1 Å². The Kier molecular flexibility index (Phi) is 5.72. The van der Waals surface area contributed by atoms with Crippen molar-refractivity contribution >= 4 is 0 Å². The second-order valence-electron chi connectivity index (χ2n) is 5.74. The summed E-state index contributed by atoms with van der Waals surface area (Å²) in [5.74, 6) is 0.0672. The first-order valence-electron chi connectivity index (χ1n) is 7.79. The summed E-state index contributed by atoms with van der Waals surface area (Å²) in [6.45, 7) is 5.16. The van der Waals surface area contributed by atoms with Crippen LogP contribution in [0.25, 0.3) is 0 Å². The molecule has 1 aromatic carbocycles. The number of hydrogen-bond donors (Lipinski definition) is 1. The Morgan fingerprint density at radius 3 is 2.90 bits per heavy atom. The van der Waals surface area contributed by atoms with Crippen LogP contribution < -0.4 is 5.32 Å². The Bertz CT molecular complexity index is 509. The lowest BCUT2D eigenvalue weighted by Crippen LogP contribution is -2.36. The van der Waals surface area contributed by atoms with Gasteiger partial charge in [0.1, 0.15) is 11.9 Å². The lowest BCUT2D eigenvalue weighted by molar-refractivity contribution is 0.162.